The van der Waals surface area contributed by atoms with E-state index in [0.717, 1.165) is 13.0 Å². The Kier molecular flexibility index (Phi) is 5.36. The van der Waals surface area contributed by atoms with Crippen molar-refractivity contribution in [3.63, 3.8) is 0 Å². The van der Waals surface area contributed by atoms with Crippen molar-refractivity contribution in [3.05, 3.63) is 30.2 Å². The molecule has 0 bridgehead atoms. The third-order valence-electron chi connectivity index (χ3n) is 4.26. The van der Waals surface area contributed by atoms with E-state index in [4.69, 9.17) is 0 Å². The number of rotatable bonds is 4. The van der Waals surface area contributed by atoms with Crippen LogP contribution in [0.2, 0.25) is 0 Å². The van der Waals surface area contributed by atoms with Gasteiger partial charge >= 0.3 is 18.1 Å². The monoisotopic (exact) mass is 383 g/mol. The van der Waals surface area contributed by atoms with E-state index in [1.54, 1.807) is 17.0 Å². The molecule has 0 aliphatic carbocycles. The van der Waals surface area contributed by atoms with Gasteiger partial charge in [-0.05, 0) is 50.7 Å². The summed E-state index contributed by atoms with van der Waals surface area (Å²) < 4.78 is 41.8. The molecule has 1 aromatic heterocycles. The molecule has 146 valence electrons. The maximum Gasteiger partial charge on any atom is 0.471 e. The summed E-state index contributed by atoms with van der Waals surface area (Å²) >= 11 is 0. The molecule has 7 nitrogen and oxygen atoms in total. The molecule has 2 heterocycles. The second kappa shape index (κ2) is 7.55. The van der Waals surface area contributed by atoms with Gasteiger partial charge in [0.2, 0.25) is 5.82 Å². The first kappa shape index (κ1) is 19.2. The van der Waals surface area contributed by atoms with E-state index < -0.39 is 12.1 Å². The highest BCUT2D eigenvalue weighted by Crippen LogP contribution is 2.29. The lowest BCUT2D eigenvalue weighted by Gasteiger charge is -2.19. The van der Waals surface area contributed by atoms with Crippen molar-refractivity contribution in [3.8, 4) is 11.4 Å². The predicted octanol–water partition coefficient (Wildman–Crippen LogP) is 3.17. The summed E-state index contributed by atoms with van der Waals surface area (Å²) in [5.41, 5.74) is 0.902. The molecule has 3 rings (SSSR count). The van der Waals surface area contributed by atoms with Gasteiger partial charge in [-0.15, -0.1) is 0 Å². The minimum atomic E-state index is -4.68. The van der Waals surface area contributed by atoms with Gasteiger partial charge in [-0.3, -0.25) is 0 Å². The van der Waals surface area contributed by atoms with E-state index in [9.17, 15) is 18.0 Å². The van der Waals surface area contributed by atoms with E-state index >= 15 is 0 Å². The Morgan fingerprint density at radius 2 is 2.04 bits per heavy atom. The first-order valence-electron chi connectivity index (χ1n) is 8.44. The molecule has 1 aromatic carbocycles. The number of amides is 2. The van der Waals surface area contributed by atoms with Crippen LogP contribution < -0.4 is 5.32 Å². The topological polar surface area (TPSA) is 74.5 Å². The van der Waals surface area contributed by atoms with Crippen molar-refractivity contribution in [2.24, 2.45) is 5.92 Å². The normalized spacial score (nSPS) is 17.6. The fraction of sp³-hybridized carbons (Fsp3) is 0.471. The third-order valence-corrected chi connectivity index (χ3v) is 4.26. The summed E-state index contributed by atoms with van der Waals surface area (Å²) in [6, 6.07) is 6.04. The SMILES string of the molecule is CN(C)CC1CCN(C(=O)Nc2ccc(-c3noc(C(F)(F)F)n3)cc2)C1. The number of benzene rings is 1. The molecule has 2 aromatic rings. The summed E-state index contributed by atoms with van der Waals surface area (Å²) in [6.07, 6.45) is -3.72. The lowest BCUT2D eigenvalue weighted by molar-refractivity contribution is -0.159. The second-order valence-corrected chi connectivity index (χ2v) is 6.79. The Morgan fingerprint density at radius 3 is 2.63 bits per heavy atom. The van der Waals surface area contributed by atoms with Gasteiger partial charge in [-0.25, -0.2) is 4.79 Å². The van der Waals surface area contributed by atoms with Crippen molar-refractivity contribution in [2.45, 2.75) is 12.6 Å². The Labute approximate surface area is 154 Å². The van der Waals surface area contributed by atoms with Crippen LogP contribution in [0.25, 0.3) is 11.4 Å². The van der Waals surface area contributed by atoms with Gasteiger partial charge in [0, 0.05) is 30.9 Å². The number of hydrogen-bond donors (Lipinski definition) is 1. The zero-order valence-corrected chi connectivity index (χ0v) is 15.0. The highest BCUT2D eigenvalue weighted by molar-refractivity contribution is 5.89. The minimum absolute atomic E-state index is 0.161. The van der Waals surface area contributed by atoms with Crippen LogP contribution in [0.1, 0.15) is 12.3 Å². The zero-order chi connectivity index (χ0) is 19.6. The summed E-state index contributed by atoms with van der Waals surface area (Å²) in [7, 11) is 4.01. The van der Waals surface area contributed by atoms with E-state index in [1.807, 2.05) is 14.1 Å². The Hall–Kier alpha value is -2.62. The first-order valence-corrected chi connectivity index (χ1v) is 8.44. The molecule has 2 amide bonds. The van der Waals surface area contributed by atoms with Gasteiger partial charge in [0.05, 0.1) is 0 Å². The van der Waals surface area contributed by atoms with Crippen LogP contribution >= 0.6 is 0 Å². The standard InChI is InChI=1S/C17H20F3N5O2/c1-24(2)9-11-7-8-25(10-11)16(26)21-13-5-3-12(4-6-13)14-22-15(27-23-14)17(18,19)20/h3-6,11H,7-10H2,1-2H3,(H,21,26). The maximum atomic E-state index is 12.5. The van der Waals surface area contributed by atoms with Crippen LogP contribution in [-0.4, -0.2) is 59.7 Å². The van der Waals surface area contributed by atoms with E-state index in [2.05, 4.69) is 24.9 Å². The fourth-order valence-corrected chi connectivity index (χ4v) is 3.04. The molecule has 0 spiro atoms. The number of anilines is 1. The van der Waals surface area contributed by atoms with Crippen molar-refractivity contribution in [1.82, 2.24) is 19.9 Å². The molecule has 10 heteroatoms. The highest BCUT2D eigenvalue weighted by atomic mass is 19.4. The lowest BCUT2D eigenvalue weighted by Crippen LogP contribution is -2.34. The van der Waals surface area contributed by atoms with Crippen LogP contribution in [0.15, 0.2) is 28.8 Å². The maximum absolute atomic E-state index is 12.5. The molecule has 1 aliphatic rings. The van der Waals surface area contributed by atoms with Gasteiger partial charge in [-0.2, -0.15) is 18.2 Å². The number of aromatic nitrogens is 2. The largest absolute Gasteiger partial charge is 0.471 e. The third kappa shape index (κ3) is 4.76. The summed E-state index contributed by atoms with van der Waals surface area (Å²) in [5.74, 6) is -1.10. The molecule has 0 radical (unpaired) electrons. The lowest BCUT2D eigenvalue weighted by atomic mass is 10.1. The zero-order valence-electron chi connectivity index (χ0n) is 15.0. The van der Waals surface area contributed by atoms with Gasteiger partial charge in [0.15, 0.2) is 0 Å². The number of alkyl halides is 3. The number of carbonyl (C=O) groups is 1. The average Bonchev–Trinajstić information content (AvgIpc) is 3.24. The smallest absolute Gasteiger partial charge is 0.329 e. The molecular weight excluding hydrogens is 363 g/mol. The summed E-state index contributed by atoms with van der Waals surface area (Å²) in [6.45, 7) is 2.33. The Morgan fingerprint density at radius 1 is 1.33 bits per heavy atom. The number of halogens is 3. The molecule has 0 saturated carbocycles. The number of nitrogens with zero attached hydrogens (tertiary/aromatic N) is 4. The minimum Gasteiger partial charge on any atom is -0.329 e. The van der Waals surface area contributed by atoms with Crippen LogP contribution in [-0.2, 0) is 6.18 Å². The Bertz CT molecular complexity index is 789. The fourth-order valence-electron chi connectivity index (χ4n) is 3.04. The average molecular weight is 383 g/mol. The van der Waals surface area contributed by atoms with E-state index in [-0.39, 0.29) is 11.9 Å². The number of urea groups is 1. The van der Waals surface area contributed by atoms with Crippen LogP contribution in [0.5, 0.6) is 0 Å². The molecule has 27 heavy (non-hydrogen) atoms. The quantitative estimate of drug-likeness (QED) is 0.878. The number of carbonyl (C=O) groups excluding carboxylic acids is 1. The summed E-state index contributed by atoms with van der Waals surface area (Å²) in [4.78, 5) is 19.6. The van der Waals surface area contributed by atoms with Crippen LogP contribution in [0.4, 0.5) is 23.7 Å². The molecule has 1 unspecified atom stereocenters. The van der Waals surface area contributed by atoms with Gasteiger partial charge in [0.1, 0.15) is 0 Å². The molecule has 1 atom stereocenters. The van der Waals surface area contributed by atoms with Crippen LogP contribution in [0.3, 0.4) is 0 Å². The van der Waals surface area contributed by atoms with Gasteiger partial charge in [-0.1, -0.05) is 5.16 Å². The Balaban J connectivity index is 1.59. The highest BCUT2D eigenvalue weighted by Gasteiger charge is 2.38. The first-order chi connectivity index (χ1) is 12.7. The van der Waals surface area contributed by atoms with Crippen molar-refractivity contribution in [2.75, 3.05) is 39.0 Å². The van der Waals surface area contributed by atoms with Crippen molar-refractivity contribution in [1.29, 1.82) is 0 Å². The molecule has 1 aliphatic heterocycles. The number of hydrogen-bond acceptors (Lipinski definition) is 5. The molecular formula is C17H20F3N5O2. The van der Waals surface area contributed by atoms with Crippen molar-refractivity contribution >= 4 is 11.7 Å². The molecule has 1 saturated heterocycles. The van der Waals surface area contributed by atoms with Crippen molar-refractivity contribution < 1.29 is 22.5 Å². The number of likely N-dealkylation sites (tertiary alicyclic amines) is 1. The second-order valence-electron chi connectivity index (χ2n) is 6.79. The van der Waals surface area contributed by atoms with Gasteiger partial charge in [0.25, 0.3) is 0 Å². The van der Waals surface area contributed by atoms with E-state index in [1.165, 1.54) is 12.1 Å². The van der Waals surface area contributed by atoms with Crippen LogP contribution in [0, 0.1) is 5.92 Å². The molecule has 1 fully saturated rings. The predicted molar refractivity (Wildman–Crippen MR) is 92.0 cm³/mol. The van der Waals surface area contributed by atoms with Gasteiger partial charge < -0.3 is 19.6 Å². The molecule has 1 N–H and O–H groups in total. The number of nitrogens with one attached hydrogen (secondary N) is 1. The summed E-state index contributed by atoms with van der Waals surface area (Å²) in [5, 5.41) is 6.13. The van der Waals surface area contributed by atoms with E-state index in [0.29, 0.717) is 30.3 Å².